The van der Waals surface area contributed by atoms with Crippen LogP contribution in [-0.2, 0) is 4.79 Å². The van der Waals surface area contributed by atoms with Gasteiger partial charge in [-0.05, 0) is 110 Å². The first kappa shape index (κ1) is 24.8. The lowest BCUT2D eigenvalue weighted by Gasteiger charge is -2.69. The van der Waals surface area contributed by atoms with Crippen LogP contribution in [0.2, 0.25) is 0 Å². The van der Waals surface area contributed by atoms with E-state index in [2.05, 4.69) is 47.6 Å². The third kappa shape index (κ3) is 2.71. The summed E-state index contributed by atoms with van der Waals surface area (Å²) in [5.74, 6) is 1.59. The van der Waals surface area contributed by atoms with Crippen molar-refractivity contribution in [3.05, 3.63) is 11.6 Å². The molecule has 0 spiro atoms. The number of fused-ring (bicyclic) bond motifs is 7. The molecule has 3 N–H and O–H groups in total. The van der Waals surface area contributed by atoms with Crippen LogP contribution < -0.4 is 0 Å². The van der Waals surface area contributed by atoms with E-state index in [1.54, 1.807) is 6.92 Å². The largest absolute Gasteiger partial charge is 0.481 e. The summed E-state index contributed by atoms with van der Waals surface area (Å²) in [5.41, 5.74) is 0.578. The Bertz CT molecular complexity index is 909. The highest BCUT2D eigenvalue weighted by Gasteiger charge is 2.70. The van der Waals surface area contributed by atoms with Crippen molar-refractivity contribution in [3.63, 3.8) is 0 Å². The first-order valence-electron chi connectivity index (χ1n) is 14.0. The highest BCUT2D eigenvalue weighted by molar-refractivity contribution is 5.76. The van der Waals surface area contributed by atoms with E-state index in [0.717, 1.165) is 37.0 Å². The predicted octanol–water partition coefficient (Wildman–Crippen LogP) is 6.06. The molecule has 5 aliphatic carbocycles. The summed E-state index contributed by atoms with van der Waals surface area (Å²) in [6.07, 6.45) is 8.85. The molecule has 0 heterocycles. The highest BCUT2D eigenvalue weighted by Crippen LogP contribution is 2.76. The lowest BCUT2D eigenvalue weighted by atomic mass is 9.35. The van der Waals surface area contributed by atoms with Gasteiger partial charge >= 0.3 is 5.97 Å². The molecule has 0 bridgehead atoms. The van der Waals surface area contributed by atoms with Gasteiger partial charge in [-0.15, -0.1) is 0 Å². The number of hydrogen-bond donors (Lipinski definition) is 3. The second kappa shape index (κ2) is 7.34. The number of carbonyl (C=O) groups is 1. The Hall–Kier alpha value is -0.870. The van der Waals surface area contributed by atoms with Crippen LogP contribution in [0.5, 0.6) is 0 Å². The lowest BCUT2D eigenvalue weighted by molar-refractivity contribution is -0.205. The van der Waals surface area contributed by atoms with Gasteiger partial charge in [0.1, 0.15) is 0 Å². The van der Waals surface area contributed by atoms with Crippen LogP contribution in [0.1, 0.15) is 99.8 Å². The van der Waals surface area contributed by atoms with Crippen molar-refractivity contribution in [2.75, 3.05) is 0 Å². The molecule has 0 unspecified atom stereocenters. The lowest BCUT2D eigenvalue weighted by Crippen LogP contribution is -2.66. The molecule has 5 rings (SSSR count). The number of rotatable bonds is 2. The van der Waals surface area contributed by atoms with Crippen LogP contribution in [0, 0.1) is 56.7 Å². The van der Waals surface area contributed by atoms with Gasteiger partial charge in [0.2, 0.25) is 0 Å². The van der Waals surface area contributed by atoms with Crippen LogP contribution in [0.4, 0.5) is 0 Å². The maximum absolute atomic E-state index is 12.5. The minimum atomic E-state index is -1.32. The van der Waals surface area contributed by atoms with Gasteiger partial charge in [-0.3, -0.25) is 4.79 Å². The molecule has 4 heteroatoms. The highest BCUT2D eigenvalue weighted by atomic mass is 16.4. The fourth-order valence-electron chi connectivity index (χ4n) is 11.3. The fraction of sp³-hybridized carbons (Fsp3) is 0.900. The third-order valence-electron chi connectivity index (χ3n) is 13.3. The Morgan fingerprint density at radius 2 is 1.59 bits per heavy atom. The Labute approximate surface area is 206 Å². The zero-order chi connectivity index (χ0) is 25.1. The summed E-state index contributed by atoms with van der Waals surface area (Å²) in [4.78, 5) is 12.5. The monoisotopic (exact) mass is 472 g/mol. The maximum atomic E-state index is 12.5. The second-order valence-electron chi connectivity index (χ2n) is 14.6. The van der Waals surface area contributed by atoms with E-state index in [1.165, 1.54) is 31.3 Å². The first-order chi connectivity index (χ1) is 15.7. The summed E-state index contributed by atoms with van der Waals surface area (Å²) in [7, 11) is 0. The minimum absolute atomic E-state index is 0.156. The summed E-state index contributed by atoms with van der Waals surface area (Å²) in [5, 5.41) is 32.0. The summed E-state index contributed by atoms with van der Waals surface area (Å²) >= 11 is 0. The number of aliphatic hydroxyl groups excluding tert-OH is 2. The smallest absolute Gasteiger partial charge is 0.312 e. The van der Waals surface area contributed by atoms with E-state index < -0.39 is 23.6 Å². The molecule has 4 saturated carbocycles. The standard InChI is InChI=1S/C30H48O4/c1-17(2)18-8-10-22-26(18,3)14-15-28(5)20-9-11-23-27(4,19(20)12-13-29(22,28)6)16-21(31)24(32)30(23,7)25(33)34/h12,17-18,20-24,31-32H,8-11,13-16H2,1-7H3,(H,33,34)/t18-,20+,21-,22-,23-,24+,26-,27-,28-,29+,30-/m1/s1. The molecule has 0 radical (unpaired) electrons. The molecule has 0 saturated heterocycles. The van der Waals surface area contributed by atoms with Crippen LogP contribution in [0.25, 0.3) is 0 Å². The molecule has 0 aromatic heterocycles. The van der Waals surface area contributed by atoms with Gasteiger partial charge in [-0.25, -0.2) is 0 Å². The molecule has 192 valence electrons. The van der Waals surface area contributed by atoms with Gasteiger partial charge in [0.15, 0.2) is 0 Å². The Morgan fingerprint density at radius 1 is 0.941 bits per heavy atom. The van der Waals surface area contributed by atoms with Crippen molar-refractivity contribution in [1.82, 2.24) is 0 Å². The van der Waals surface area contributed by atoms with Gasteiger partial charge in [-0.1, -0.05) is 53.2 Å². The number of allylic oxidation sites excluding steroid dienone is 2. The molecular weight excluding hydrogens is 424 g/mol. The Morgan fingerprint density at radius 3 is 2.21 bits per heavy atom. The SMILES string of the molecule is CC(C)[C@H]1CC[C@@H]2[C@]1(C)CC[C@]1(C)[C@H]3CC[C@H]4[C@@](C)(C(=O)O)[C@@H](O)[C@H](O)C[C@]4(C)C3=CC[C@@]21C. The second-order valence-corrected chi connectivity index (χ2v) is 14.6. The zero-order valence-electron chi connectivity index (χ0n) is 22.5. The van der Waals surface area contributed by atoms with E-state index in [4.69, 9.17) is 0 Å². The van der Waals surface area contributed by atoms with E-state index in [0.29, 0.717) is 17.8 Å². The van der Waals surface area contributed by atoms with Crippen LogP contribution in [-0.4, -0.2) is 33.5 Å². The Kier molecular flexibility index (Phi) is 5.36. The van der Waals surface area contributed by atoms with Crippen LogP contribution in [0.3, 0.4) is 0 Å². The molecule has 11 atom stereocenters. The van der Waals surface area contributed by atoms with Crippen molar-refractivity contribution in [2.24, 2.45) is 56.7 Å². The fourth-order valence-corrected chi connectivity index (χ4v) is 11.3. The van der Waals surface area contributed by atoms with Gasteiger partial charge in [0, 0.05) is 0 Å². The van der Waals surface area contributed by atoms with Crippen molar-refractivity contribution >= 4 is 5.97 Å². The maximum Gasteiger partial charge on any atom is 0.312 e. The van der Waals surface area contributed by atoms with Crippen LogP contribution in [0.15, 0.2) is 11.6 Å². The van der Waals surface area contributed by atoms with Crippen molar-refractivity contribution in [1.29, 1.82) is 0 Å². The van der Waals surface area contributed by atoms with Crippen molar-refractivity contribution < 1.29 is 20.1 Å². The van der Waals surface area contributed by atoms with Gasteiger partial charge in [0.25, 0.3) is 0 Å². The first-order valence-corrected chi connectivity index (χ1v) is 14.0. The third-order valence-corrected chi connectivity index (χ3v) is 13.3. The quantitative estimate of drug-likeness (QED) is 0.427. The number of carboxylic acids is 1. The van der Waals surface area contributed by atoms with Gasteiger partial charge < -0.3 is 15.3 Å². The van der Waals surface area contributed by atoms with Crippen LogP contribution >= 0.6 is 0 Å². The van der Waals surface area contributed by atoms with Crippen molar-refractivity contribution in [2.45, 2.75) is 112 Å². The van der Waals surface area contributed by atoms with E-state index in [1.807, 2.05) is 0 Å². The molecule has 4 fully saturated rings. The molecule has 0 aromatic rings. The van der Waals surface area contributed by atoms with E-state index in [-0.39, 0.29) is 22.2 Å². The zero-order valence-corrected chi connectivity index (χ0v) is 22.5. The van der Waals surface area contributed by atoms with E-state index in [9.17, 15) is 20.1 Å². The molecule has 5 aliphatic rings. The molecule has 34 heavy (non-hydrogen) atoms. The van der Waals surface area contributed by atoms with Gasteiger partial charge in [0.05, 0.1) is 17.6 Å². The normalized spacial score (nSPS) is 56.7. The topological polar surface area (TPSA) is 77.8 Å². The van der Waals surface area contributed by atoms with E-state index >= 15 is 0 Å². The molecular formula is C30H48O4. The molecule has 4 nitrogen and oxygen atoms in total. The van der Waals surface area contributed by atoms with Gasteiger partial charge in [-0.2, -0.15) is 0 Å². The number of aliphatic carboxylic acids is 1. The molecule has 0 aromatic carbocycles. The number of hydrogen-bond acceptors (Lipinski definition) is 3. The minimum Gasteiger partial charge on any atom is -0.481 e. The Balaban J connectivity index is 1.58. The summed E-state index contributed by atoms with van der Waals surface area (Å²) in [6.45, 7) is 16.4. The summed E-state index contributed by atoms with van der Waals surface area (Å²) < 4.78 is 0. The summed E-state index contributed by atoms with van der Waals surface area (Å²) in [6, 6.07) is 0. The van der Waals surface area contributed by atoms with Crippen molar-refractivity contribution in [3.8, 4) is 0 Å². The molecule has 0 amide bonds. The predicted molar refractivity (Wildman–Crippen MR) is 134 cm³/mol. The average molecular weight is 473 g/mol. The number of carboxylic acid groups (broad SMARTS) is 1. The average Bonchev–Trinajstić information content (AvgIpc) is 3.11. The molecule has 0 aliphatic heterocycles. The number of aliphatic hydroxyl groups is 2.